The Kier molecular flexibility index (Phi) is 8.06. The van der Waals surface area contributed by atoms with Gasteiger partial charge in [-0.1, -0.05) is 18.2 Å². The lowest BCUT2D eigenvalue weighted by Gasteiger charge is -2.53. The first-order chi connectivity index (χ1) is 18.3. The maximum Gasteiger partial charge on any atom is 0.333 e. The number of benzene rings is 1. The lowest BCUT2D eigenvalue weighted by atomic mass is 9.54. The summed E-state index contributed by atoms with van der Waals surface area (Å²) in [6, 6.07) is 3.02. The minimum absolute atomic E-state index is 0.0706. The molecule has 40 heavy (non-hydrogen) atoms. The molecule has 1 saturated carbocycles. The Morgan fingerprint density at radius 1 is 1.23 bits per heavy atom. The van der Waals surface area contributed by atoms with Gasteiger partial charge in [-0.3, -0.25) is 23.5 Å². The number of phenols is 1. The van der Waals surface area contributed by atoms with Crippen LogP contribution in [0.15, 0.2) is 47.8 Å². The number of phenolic OH excluding ortho intramolecular Hbond substituents is 1. The number of aliphatic hydroxyl groups excluding tert-OH is 2. The summed E-state index contributed by atoms with van der Waals surface area (Å²) in [4.78, 5) is 40.0. The number of aromatic hydroxyl groups is 1. The average molecular weight is 582 g/mol. The number of amides is 1. The molecule has 1 fully saturated rings. The predicted molar refractivity (Wildman–Crippen MR) is 139 cm³/mol. The molecule has 0 radical (unpaired) electrons. The Morgan fingerprint density at radius 2 is 1.82 bits per heavy atom. The van der Waals surface area contributed by atoms with Gasteiger partial charge in [0.1, 0.15) is 22.8 Å². The van der Waals surface area contributed by atoms with Gasteiger partial charge in [0.05, 0.1) is 23.8 Å². The fraction of sp³-hybridized carbons (Fsp3) is 0.400. The van der Waals surface area contributed by atoms with E-state index in [4.69, 9.17) is 5.73 Å². The van der Waals surface area contributed by atoms with Crippen molar-refractivity contribution in [1.82, 2.24) is 4.90 Å². The summed E-state index contributed by atoms with van der Waals surface area (Å²) in [5.74, 6) is -7.90. The van der Waals surface area contributed by atoms with Crippen LogP contribution in [0.25, 0.3) is 5.76 Å². The van der Waals surface area contributed by atoms with Gasteiger partial charge in [-0.15, -0.1) is 6.58 Å². The van der Waals surface area contributed by atoms with Gasteiger partial charge in [0.15, 0.2) is 11.4 Å². The number of likely N-dealkylation sites (N-methyl/N-ethyl adjacent to an activating group) is 1. The fourth-order valence-electron chi connectivity index (χ4n) is 5.64. The lowest BCUT2D eigenvalue weighted by Crippen LogP contribution is -2.67. The van der Waals surface area contributed by atoms with Crippen molar-refractivity contribution in [2.24, 2.45) is 22.7 Å². The monoisotopic (exact) mass is 581 g/mol. The van der Waals surface area contributed by atoms with Crippen molar-refractivity contribution in [2.75, 3.05) is 20.7 Å². The number of rotatable bonds is 5. The smallest absolute Gasteiger partial charge is 0.333 e. The van der Waals surface area contributed by atoms with Crippen LogP contribution in [0.4, 0.5) is 0 Å². The number of ketones is 2. The van der Waals surface area contributed by atoms with Crippen LogP contribution in [0.3, 0.4) is 0 Å². The maximum absolute atomic E-state index is 13.7. The van der Waals surface area contributed by atoms with Crippen LogP contribution < -0.4 is 10.9 Å². The summed E-state index contributed by atoms with van der Waals surface area (Å²) in [6.07, 6.45) is 1.10. The Morgan fingerprint density at radius 3 is 2.30 bits per heavy atom. The van der Waals surface area contributed by atoms with Crippen LogP contribution in [-0.2, 0) is 34.5 Å². The van der Waals surface area contributed by atoms with Crippen LogP contribution in [0.5, 0.6) is 5.75 Å². The first kappa shape index (κ1) is 30.9. The van der Waals surface area contributed by atoms with Crippen molar-refractivity contribution in [3.63, 3.8) is 0 Å². The standard InChI is InChI=1S/C22H24N2O8.C3H7NO3S/c1-21(31)8-5-4-6-11(25)12(8)16(26)13-9(21)7-10-15(24(2)3)17(27)14(20(23)30)19(29)22(10,32)18(13)28;1-2-3-7-8(4,5)6/h4-6,9-10,15,25-26,29,31-32H,7H2,1-3H3,(H2,23,30);2H,1,3H2,(H2,4,5,6)/t9-,10-,15-,21+,22-;/m0./s1. The van der Waals surface area contributed by atoms with Gasteiger partial charge in [0, 0.05) is 17.4 Å². The number of carbonyl (C=O) groups excluding carboxylic acids is 3. The Hall–Kier alpha value is -3.60. The predicted octanol–water partition coefficient (Wildman–Crippen LogP) is -0.978. The molecule has 1 amide bonds. The van der Waals surface area contributed by atoms with Gasteiger partial charge in [0.2, 0.25) is 5.78 Å². The molecule has 0 aromatic heterocycles. The summed E-state index contributed by atoms with van der Waals surface area (Å²) in [5.41, 5.74) is -0.548. The lowest BCUT2D eigenvalue weighted by molar-refractivity contribution is -0.159. The van der Waals surface area contributed by atoms with Gasteiger partial charge in [-0.05, 0) is 39.1 Å². The molecule has 0 heterocycles. The van der Waals surface area contributed by atoms with Crippen molar-refractivity contribution in [2.45, 2.75) is 30.6 Å². The number of primary amides is 1. The number of carbonyl (C=O) groups is 3. The van der Waals surface area contributed by atoms with E-state index in [1.165, 1.54) is 50.2 Å². The van der Waals surface area contributed by atoms with Crippen molar-refractivity contribution < 1.29 is 52.5 Å². The highest BCUT2D eigenvalue weighted by molar-refractivity contribution is 7.84. The summed E-state index contributed by atoms with van der Waals surface area (Å²) in [5, 5.41) is 59.3. The topological polar surface area (TPSA) is 251 Å². The van der Waals surface area contributed by atoms with E-state index in [2.05, 4.69) is 15.9 Å². The zero-order valence-corrected chi connectivity index (χ0v) is 22.7. The van der Waals surface area contributed by atoms with E-state index in [0.29, 0.717) is 0 Å². The maximum atomic E-state index is 13.7. The third-order valence-corrected chi connectivity index (χ3v) is 7.84. The molecule has 1 aromatic rings. The van der Waals surface area contributed by atoms with Gasteiger partial charge in [0.25, 0.3) is 5.91 Å². The Bertz CT molecular complexity index is 1460. The highest BCUT2D eigenvalue weighted by atomic mass is 32.2. The molecule has 0 bridgehead atoms. The second-order valence-corrected chi connectivity index (χ2v) is 11.2. The van der Waals surface area contributed by atoms with E-state index in [9.17, 15) is 48.3 Å². The first-order valence-corrected chi connectivity index (χ1v) is 13.3. The second kappa shape index (κ2) is 10.4. The molecular weight excluding hydrogens is 550 g/mol. The molecule has 14 nitrogen and oxygen atoms in total. The number of Topliss-reactive ketones (excluding diaryl/α,β-unsaturated/α-hetero) is 2. The Labute approximate surface area is 229 Å². The molecule has 1 aromatic carbocycles. The molecule has 0 spiro atoms. The summed E-state index contributed by atoms with van der Waals surface area (Å²) in [6.45, 7) is 4.55. The minimum Gasteiger partial charge on any atom is -0.508 e. The normalized spacial score (nSPS) is 29.7. The van der Waals surface area contributed by atoms with Crippen LogP contribution in [0.1, 0.15) is 24.5 Å². The molecule has 15 heteroatoms. The molecule has 9 N–H and O–H groups in total. The highest BCUT2D eigenvalue weighted by Gasteiger charge is 2.66. The van der Waals surface area contributed by atoms with E-state index in [1.54, 1.807) is 0 Å². The van der Waals surface area contributed by atoms with Crippen molar-refractivity contribution >= 4 is 33.5 Å². The molecule has 4 rings (SSSR count). The number of hydrogen-bond acceptors (Lipinski definition) is 12. The van der Waals surface area contributed by atoms with Gasteiger partial charge in [-0.25, -0.2) is 5.14 Å². The fourth-order valence-corrected chi connectivity index (χ4v) is 5.93. The van der Waals surface area contributed by atoms with E-state index in [1.807, 2.05) is 0 Å². The number of nitrogens with two attached hydrogens (primary N) is 2. The molecule has 5 atom stereocenters. The number of aliphatic hydroxyl groups is 4. The average Bonchev–Trinajstić information content (AvgIpc) is 2.83. The zero-order valence-electron chi connectivity index (χ0n) is 21.9. The van der Waals surface area contributed by atoms with Crippen molar-refractivity contribution in [3.8, 4) is 5.75 Å². The van der Waals surface area contributed by atoms with Gasteiger partial charge in [-0.2, -0.15) is 8.42 Å². The quantitative estimate of drug-likeness (QED) is 0.164. The molecule has 3 aliphatic carbocycles. The summed E-state index contributed by atoms with van der Waals surface area (Å²) < 4.78 is 23.8. The minimum atomic E-state index is -3.76. The van der Waals surface area contributed by atoms with Gasteiger partial charge < -0.3 is 31.3 Å². The molecule has 3 aliphatic rings. The number of hydrogen-bond donors (Lipinski definition) is 7. The largest absolute Gasteiger partial charge is 0.508 e. The van der Waals surface area contributed by atoms with Crippen molar-refractivity contribution in [1.29, 1.82) is 0 Å². The highest BCUT2D eigenvalue weighted by Crippen LogP contribution is 2.57. The third-order valence-electron chi connectivity index (χ3n) is 7.37. The number of fused-ring (bicyclic) bond motifs is 3. The van der Waals surface area contributed by atoms with Crippen LogP contribution in [-0.4, -0.2) is 88.7 Å². The van der Waals surface area contributed by atoms with E-state index in [0.717, 1.165) is 0 Å². The third kappa shape index (κ3) is 4.80. The first-order valence-electron chi connectivity index (χ1n) is 11.8. The zero-order chi connectivity index (χ0) is 30.5. The summed E-state index contributed by atoms with van der Waals surface area (Å²) in [7, 11) is -0.750. The van der Waals surface area contributed by atoms with E-state index in [-0.39, 0.29) is 24.2 Å². The van der Waals surface area contributed by atoms with Crippen LogP contribution >= 0.6 is 0 Å². The second-order valence-electron chi connectivity index (χ2n) is 10.0. The van der Waals surface area contributed by atoms with E-state index >= 15 is 0 Å². The molecule has 218 valence electrons. The molecule has 0 aliphatic heterocycles. The molecular formula is C25H31N3O11S. The summed E-state index contributed by atoms with van der Waals surface area (Å²) >= 11 is 0. The Balaban J connectivity index is 0.000000482. The van der Waals surface area contributed by atoms with Crippen LogP contribution in [0, 0.1) is 11.8 Å². The van der Waals surface area contributed by atoms with Gasteiger partial charge >= 0.3 is 10.3 Å². The van der Waals surface area contributed by atoms with E-state index < -0.39 is 85.3 Å². The number of nitrogens with zero attached hydrogens (tertiary/aromatic N) is 1. The van der Waals surface area contributed by atoms with Crippen LogP contribution in [0.2, 0.25) is 0 Å². The molecule has 0 unspecified atom stereocenters. The van der Waals surface area contributed by atoms with Crippen molar-refractivity contribution in [3.05, 3.63) is 58.9 Å². The molecule has 0 saturated heterocycles. The SMILES string of the molecule is C=CCOS(N)(=O)=O.CN(C)[C@@H]1C(=O)C(C(N)=O)=C(O)[C@@]2(O)C(=O)C3=C(O)c4c(O)cccc4[C@@](C)(O)[C@H]3C[C@@H]12.